The summed E-state index contributed by atoms with van der Waals surface area (Å²) >= 11 is 3.34. The van der Waals surface area contributed by atoms with Gasteiger partial charge in [0.05, 0.1) is 0 Å². The van der Waals surface area contributed by atoms with Gasteiger partial charge < -0.3 is 11.5 Å². The second-order valence-electron chi connectivity index (χ2n) is 2.82. The average molecular weight is 254 g/mol. The van der Waals surface area contributed by atoms with E-state index in [0.29, 0.717) is 11.5 Å². The van der Waals surface area contributed by atoms with Crippen LogP contribution in [0.25, 0.3) is 11.4 Å². The summed E-state index contributed by atoms with van der Waals surface area (Å²) in [4.78, 5) is 4.00. The molecular weight excluding hydrogens is 246 g/mol. The lowest BCUT2D eigenvalue weighted by molar-refractivity contribution is 1.10. The SMILES string of the molecule is Nc1cc(Br)cc(-c2nc(N)n[nH]2)c1. The number of halogens is 1. The van der Waals surface area contributed by atoms with Gasteiger partial charge in [-0.05, 0) is 18.2 Å². The zero-order valence-electron chi connectivity index (χ0n) is 7.16. The van der Waals surface area contributed by atoms with Gasteiger partial charge in [-0.25, -0.2) is 0 Å². The number of nitrogen functional groups attached to an aromatic ring is 2. The summed E-state index contributed by atoms with van der Waals surface area (Å²) in [6.45, 7) is 0. The van der Waals surface area contributed by atoms with Gasteiger partial charge in [0.1, 0.15) is 0 Å². The highest BCUT2D eigenvalue weighted by molar-refractivity contribution is 9.10. The Bertz CT molecular complexity index is 444. The van der Waals surface area contributed by atoms with E-state index >= 15 is 0 Å². The minimum Gasteiger partial charge on any atom is -0.399 e. The summed E-state index contributed by atoms with van der Waals surface area (Å²) in [6, 6.07) is 5.49. The predicted molar refractivity (Wildman–Crippen MR) is 58.3 cm³/mol. The van der Waals surface area contributed by atoms with E-state index in [9.17, 15) is 0 Å². The Morgan fingerprint density at radius 1 is 1.21 bits per heavy atom. The van der Waals surface area contributed by atoms with Gasteiger partial charge in [0.2, 0.25) is 5.95 Å². The van der Waals surface area contributed by atoms with Crippen molar-refractivity contribution in [2.24, 2.45) is 0 Å². The third kappa shape index (κ3) is 1.69. The molecule has 72 valence electrons. The molecule has 0 saturated heterocycles. The number of H-pyrrole nitrogens is 1. The van der Waals surface area contributed by atoms with Crippen LogP contribution in [0.15, 0.2) is 22.7 Å². The lowest BCUT2D eigenvalue weighted by atomic mass is 10.2. The number of hydrogen-bond donors (Lipinski definition) is 3. The van der Waals surface area contributed by atoms with Crippen molar-refractivity contribution >= 4 is 27.6 Å². The molecule has 6 heteroatoms. The van der Waals surface area contributed by atoms with Gasteiger partial charge in [0.15, 0.2) is 5.82 Å². The molecule has 1 heterocycles. The molecule has 0 atom stereocenters. The topological polar surface area (TPSA) is 93.6 Å². The average Bonchev–Trinajstić information content (AvgIpc) is 2.50. The number of nitrogens with one attached hydrogen (secondary N) is 1. The molecule has 5 N–H and O–H groups in total. The second kappa shape index (κ2) is 3.30. The Labute approximate surface area is 88.7 Å². The number of rotatable bonds is 1. The Hall–Kier alpha value is -1.56. The minimum atomic E-state index is 0.221. The molecule has 0 aliphatic carbocycles. The van der Waals surface area contributed by atoms with Crippen LogP contribution in [0.1, 0.15) is 0 Å². The van der Waals surface area contributed by atoms with Gasteiger partial charge in [-0.1, -0.05) is 15.9 Å². The molecule has 0 aliphatic heterocycles. The summed E-state index contributed by atoms with van der Waals surface area (Å²) in [6.07, 6.45) is 0. The highest BCUT2D eigenvalue weighted by Gasteiger charge is 2.04. The van der Waals surface area contributed by atoms with E-state index in [1.807, 2.05) is 12.1 Å². The molecular formula is C8H8BrN5. The maximum atomic E-state index is 5.68. The molecule has 1 aromatic heterocycles. The van der Waals surface area contributed by atoms with Crippen molar-refractivity contribution in [3.63, 3.8) is 0 Å². The van der Waals surface area contributed by atoms with Crippen LogP contribution in [0.5, 0.6) is 0 Å². The lowest BCUT2D eigenvalue weighted by Crippen LogP contribution is -1.88. The number of benzene rings is 1. The molecule has 5 nitrogen and oxygen atoms in total. The molecule has 2 rings (SSSR count). The van der Waals surface area contributed by atoms with Crippen LogP contribution in [0, 0.1) is 0 Å². The summed E-state index contributed by atoms with van der Waals surface area (Å²) < 4.78 is 0.891. The van der Waals surface area contributed by atoms with Crippen molar-refractivity contribution < 1.29 is 0 Å². The molecule has 0 spiro atoms. The summed E-state index contributed by atoms with van der Waals surface area (Å²) in [7, 11) is 0. The van der Waals surface area contributed by atoms with Crippen LogP contribution in [0.4, 0.5) is 11.6 Å². The largest absolute Gasteiger partial charge is 0.399 e. The molecule has 0 saturated carbocycles. The number of aromatic amines is 1. The first-order chi connectivity index (χ1) is 6.65. The number of aromatic nitrogens is 3. The fourth-order valence-corrected chi connectivity index (χ4v) is 1.66. The van der Waals surface area contributed by atoms with E-state index in [1.54, 1.807) is 6.07 Å². The predicted octanol–water partition coefficient (Wildman–Crippen LogP) is 1.40. The first-order valence-corrected chi connectivity index (χ1v) is 4.69. The van der Waals surface area contributed by atoms with Crippen molar-refractivity contribution in [1.29, 1.82) is 0 Å². The second-order valence-corrected chi connectivity index (χ2v) is 3.73. The number of hydrogen-bond acceptors (Lipinski definition) is 4. The standard InChI is InChI=1S/C8H8BrN5/c9-5-1-4(2-6(10)3-5)7-12-8(11)14-13-7/h1-3H,10H2,(H3,11,12,13,14). The Kier molecular flexibility index (Phi) is 2.12. The van der Waals surface area contributed by atoms with E-state index < -0.39 is 0 Å². The van der Waals surface area contributed by atoms with Gasteiger partial charge in [-0.15, -0.1) is 5.10 Å². The molecule has 2 aromatic rings. The molecule has 0 radical (unpaired) electrons. The van der Waals surface area contributed by atoms with Crippen molar-refractivity contribution in [2.45, 2.75) is 0 Å². The number of anilines is 2. The summed E-state index contributed by atoms with van der Waals surface area (Å²) in [5.74, 6) is 0.828. The van der Waals surface area contributed by atoms with E-state index in [0.717, 1.165) is 10.0 Å². The van der Waals surface area contributed by atoms with Crippen LogP contribution >= 0.6 is 15.9 Å². The minimum absolute atomic E-state index is 0.221. The van der Waals surface area contributed by atoms with Crippen LogP contribution in [-0.2, 0) is 0 Å². The highest BCUT2D eigenvalue weighted by Crippen LogP contribution is 2.23. The zero-order valence-corrected chi connectivity index (χ0v) is 8.75. The van der Waals surface area contributed by atoms with Gasteiger partial charge in [-0.3, -0.25) is 5.10 Å². The van der Waals surface area contributed by atoms with Crippen LogP contribution in [0.2, 0.25) is 0 Å². The quantitative estimate of drug-likeness (QED) is 0.670. The van der Waals surface area contributed by atoms with Crippen LogP contribution in [0.3, 0.4) is 0 Å². The molecule has 0 bridgehead atoms. The maximum absolute atomic E-state index is 5.68. The van der Waals surface area contributed by atoms with Gasteiger partial charge in [-0.2, -0.15) is 4.98 Å². The molecule has 0 unspecified atom stereocenters. The van der Waals surface area contributed by atoms with Crippen LogP contribution in [-0.4, -0.2) is 15.2 Å². The Balaban J connectivity index is 2.51. The molecule has 0 amide bonds. The van der Waals surface area contributed by atoms with Gasteiger partial charge in [0, 0.05) is 15.7 Å². The van der Waals surface area contributed by atoms with Crippen molar-refractivity contribution in [3.05, 3.63) is 22.7 Å². The maximum Gasteiger partial charge on any atom is 0.239 e. The third-order valence-corrected chi connectivity index (χ3v) is 2.15. The van der Waals surface area contributed by atoms with Crippen molar-refractivity contribution in [3.8, 4) is 11.4 Å². The fourth-order valence-electron chi connectivity index (χ4n) is 1.15. The van der Waals surface area contributed by atoms with Gasteiger partial charge >= 0.3 is 0 Å². The Morgan fingerprint density at radius 3 is 2.57 bits per heavy atom. The molecule has 14 heavy (non-hydrogen) atoms. The lowest BCUT2D eigenvalue weighted by Gasteiger charge is -1.99. The normalized spacial score (nSPS) is 10.4. The Morgan fingerprint density at radius 2 is 2.00 bits per heavy atom. The first kappa shape index (κ1) is 9.01. The van der Waals surface area contributed by atoms with Gasteiger partial charge in [0.25, 0.3) is 0 Å². The number of nitrogens with zero attached hydrogens (tertiary/aromatic N) is 2. The van der Waals surface area contributed by atoms with E-state index in [4.69, 9.17) is 11.5 Å². The smallest absolute Gasteiger partial charge is 0.239 e. The molecule has 0 aliphatic rings. The third-order valence-electron chi connectivity index (χ3n) is 1.70. The summed E-state index contributed by atoms with van der Waals surface area (Å²) in [5.41, 5.74) is 12.6. The summed E-state index contributed by atoms with van der Waals surface area (Å²) in [5, 5.41) is 6.45. The van der Waals surface area contributed by atoms with Crippen molar-refractivity contribution in [1.82, 2.24) is 15.2 Å². The van der Waals surface area contributed by atoms with E-state index in [2.05, 4.69) is 31.1 Å². The van der Waals surface area contributed by atoms with E-state index in [-0.39, 0.29) is 5.95 Å². The number of nitrogens with two attached hydrogens (primary N) is 2. The monoisotopic (exact) mass is 253 g/mol. The molecule has 1 aromatic carbocycles. The zero-order chi connectivity index (χ0) is 10.1. The first-order valence-electron chi connectivity index (χ1n) is 3.89. The van der Waals surface area contributed by atoms with Crippen molar-refractivity contribution in [2.75, 3.05) is 11.5 Å². The fraction of sp³-hybridized carbons (Fsp3) is 0. The molecule has 0 fully saturated rings. The highest BCUT2D eigenvalue weighted by atomic mass is 79.9. The van der Waals surface area contributed by atoms with Crippen LogP contribution < -0.4 is 11.5 Å². The van der Waals surface area contributed by atoms with E-state index in [1.165, 1.54) is 0 Å².